The van der Waals surface area contributed by atoms with Crippen molar-refractivity contribution in [3.63, 3.8) is 0 Å². The smallest absolute Gasteiger partial charge is 0.343 e. The maximum absolute atomic E-state index is 12.2. The number of carbonyl (C=O) groups excluding carboxylic acids is 2. The number of nitro groups is 1. The number of amides is 1. The number of anilines is 1. The molecule has 1 aliphatic heterocycles. The third-order valence-electron chi connectivity index (χ3n) is 4.06. The fraction of sp³-hybridized carbons (Fsp3) is 0.222. The van der Waals surface area contributed by atoms with E-state index in [0.29, 0.717) is 24.3 Å². The van der Waals surface area contributed by atoms with Gasteiger partial charge >= 0.3 is 5.97 Å². The van der Waals surface area contributed by atoms with E-state index >= 15 is 0 Å². The molecule has 7 nitrogen and oxygen atoms in total. The van der Waals surface area contributed by atoms with Gasteiger partial charge in [0.05, 0.1) is 10.5 Å². The molecule has 3 rings (SSSR count). The lowest BCUT2D eigenvalue weighted by atomic mass is 10.1. The van der Waals surface area contributed by atoms with E-state index in [9.17, 15) is 19.7 Å². The number of nitro benzene ring substituents is 1. The summed E-state index contributed by atoms with van der Waals surface area (Å²) in [5, 5.41) is 10.8. The lowest BCUT2D eigenvalue weighted by Crippen LogP contribution is -2.23. The summed E-state index contributed by atoms with van der Waals surface area (Å²) < 4.78 is 5.29. The molecule has 2 aromatic carbocycles. The van der Waals surface area contributed by atoms with Gasteiger partial charge in [-0.1, -0.05) is 0 Å². The van der Waals surface area contributed by atoms with Crippen molar-refractivity contribution in [1.82, 2.24) is 0 Å². The molecule has 7 heteroatoms. The molecule has 0 aromatic heterocycles. The highest BCUT2D eigenvalue weighted by molar-refractivity contribution is 5.95. The molecule has 0 bridgehead atoms. The molecule has 0 unspecified atom stereocenters. The van der Waals surface area contributed by atoms with Crippen LogP contribution in [0.1, 0.15) is 28.8 Å². The number of hydrogen-bond donors (Lipinski definition) is 0. The Hall–Kier alpha value is -3.22. The van der Waals surface area contributed by atoms with Gasteiger partial charge in [-0.05, 0) is 49.7 Å². The van der Waals surface area contributed by atoms with Crippen LogP contribution in [0.15, 0.2) is 42.5 Å². The van der Waals surface area contributed by atoms with Gasteiger partial charge in [-0.25, -0.2) is 4.79 Å². The van der Waals surface area contributed by atoms with E-state index in [1.165, 1.54) is 18.2 Å². The van der Waals surface area contributed by atoms with Crippen LogP contribution in [0.2, 0.25) is 0 Å². The van der Waals surface area contributed by atoms with Crippen molar-refractivity contribution < 1.29 is 19.2 Å². The van der Waals surface area contributed by atoms with Crippen molar-refractivity contribution in [1.29, 1.82) is 0 Å². The van der Waals surface area contributed by atoms with Crippen LogP contribution in [-0.2, 0) is 4.79 Å². The van der Waals surface area contributed by atoms with E-state index in [4.69, 9.17) is 4.74 Å². The highest BCUT2D eigenvalue weighted by atomic mass is 16.6. The van der Waals surface area contributed by atoms with E-state index in [1.54, 1.807) is 36.1 Å². The maximum Gasteiger partial charge on any atom is 0.343 e. The first-order valence-electron chi connectivity index (χ1n) is 7.83. The summed E-state index contributed by atoms with van der Waals surface area (Å²) in [6.45, 7) is 2.26. The predicted molar refractivity (Wildman–Crippen MR) is 90.8 cm³/mol. The summed E-state index contributed by atoms with van der Waals surface area (Å²) in [5.41, 5.74) is 1.36. The molecule has 0 radical (unpaired) electrons. The van der Waals surface area contributed by atoms with Gasteiger partial charge in [-0.2, -0.15) is 0 Å². The number of carbonyl (C=O) groups is 2. The first-order valence-corrected chi connectivity index (χ1v) is 7.83. The minimum absolute atomic E-state index is 0.0452. The van der Waals surface area contributed by atoms with Crippen LogP contribution in [0.25, 0.3) is 0 Å². The van der Waals surface area contributed by atoms with E-state index in [0.717, 1.165) is 12.1 Å². The van der Waals surface area contributed by atoms with Crippen LogP contribution in [0.3, 0.4) is 0 Å². The second-order valence-electron chi connectivity index (χ2n) is 5.79. The van der Waals surface area contributed by atoms with Gasteiger partial charge < -0.3 is 9.64 Å². The summed E-state index contributed by atoms with van der Waals surface area (Å²) in [6, 6.07) is 10.8. The number of hydrogen-bond acceptors (Lipinski definition) is 5. The van der Waals surface area contributed by atoms with Gasteiger partial charge in [0.2, 0.25) is 5.91 Å². The van der Waals surface area contributed by atoms with E-state index in [1.807, 2.05) is 0 Å². The van der Waals surface area contributed by atoms with Gasteiger partial charge in [0.1, 0.15) is 5.75 Å². The largest absolute Gasteiger partial charge is 0.423 e. The van der Waals surface area contributed by atoms with Crippen LogP contribution in [0.5, 0.6) is 5.75 Å². The summed E-state index contributed by atoms with van der Waals surface area (Å²) in [5.74, 6) is -0.162. The Labute approximate surface area is 144 Å². The highest BCUT2D eigenvalue weighted by Crippen LogP contribution is 2.25. The van der Waals surface area contributed by atoms with Crippen molar-refractivity contribution in [2.45, 2.75) is 19.8 Å². The van der Waals surface area contributed by atoms with Gasteiger partial charge in [0, 0.05) is 30.3 Å². The Balaban J connectivity index is 1.71. The number of nitrogens with zero attached hydrogens (tertiary/aromatic N) is 2. The zero-order valence-corrected chi connectivity index (χ0v) is 13.6. The molecule has 1 heterocycles. The third-order valence-corrected chi connectivity index (χ3v) is 4.06. The van der Waals surface area contributed by atoms with Crippen LogP contribution in [0, 0.1) is 17.0 Å². The molecule has 1 amide bonds. The molecule has 25 heavy (non-hydrogen) atoms. The van der Waals surface area contributed by atoms with E-state index < -0.39 is 10.9 Å². The Morgan fingerprint density at radius 1 is 1.20 bits per heavy atom. The van der Waals surface area contributed by atoms with E-state index in [2.05, 4.69) is 0 Å². The number of benzene rings is 2. The molecule has 0 spiro atoms. The monoisotopic (exact) mass is 340 g/mol. The minimum atomic E-state index is -0.594. The second-order valence-corrected chi connectivity index (χ2v) is 5.79. The maximum atomic E-state index is 12.2. The summed E-state index contributed by atoms with van der Waals surface area (Å²) >= 11 is 0. The number of rotatable bonds is 4. The van der Waals surface area contributed by atoms with Crippen molar-refractivity contribution in [2.24, 2.45) is 0 Å². The molecule has 1 saturated heterocycles. The zero-order valence-electron chi connectivity index (χ0n) is 13.6. The van der Waals surface area contributed by atoms with Crippen LogP contribution >= 0.6 is 0 Å². The van der Waals surface area contributed by atoms with Gasteiger partial charge in [-0.3, -0.25) is 14.9 Å². The lowest BCUT2D eigenvalue weighted by Gasteiger charge is -2.15. The second kappa shape index (κ2) is 6.72. The molecular formula is C18H16N2O5. The van der Waals surface area contributed by atoms with Crippen molar-refractivity contribution in [2.75, 3.05) is 11.4 Å². The Morgan fingerprint density at radius 2 is 1.92 bits per heavy atom. The SMILES string of the molecule is Cc1cc(C(=O)Oc2ccc(N3CCCC3=O)cc2)ccc1[N+](=O)[O-]. The molecule has 0 aliphatic carbocycles. The Bertz CT molecular complexity index is 845. The number of aryl methyl sites for hydroxylation is 1. The fourth-order valence-corrected chi connectivity index (χ4v) is 2.77. The molecule has 128 valence electrons. The average molecular weight is 340 g/mol. The van der Waals surface area contributed by atoms with Crippen molar-refractivity contribution >= 4 is 23.3 Å². The molecule has 0 saturated carbocycles. The van der Waals surface area contributed by atoms with Gasteiger partial charge in [0.25, 0.3) is 5.69 Å². The standard InChI is InChI=1S/C18H16N2O5/c1-12-11-13(4-9-16(12)20(23)24)18(22)25-15-7-5-14(6-8-15)19-10-2-3-17(19)21/h4-9,11H,2-3,10H2,1H3. The Kier molecular flexibility index (Phi) is 4.47. The third kappa shape index (κ3) is 3.50. The summed E-state index contributed by atoms with van der Waals surface area (Å²) in [4.78, 5) is 35.9. The highest BCUT2D eigenvalue weighted by Gasteiger charge is 2.21. The minimum Gasteiger partial charge on any atom is -0.423 e. The summed E-state index contributed by atoms with van der Waals surface area (Å²) in [6.07, 6.45) is 1.39. The average Bonchev–Trinajstić information content (AvgIpc) is 3.01. The Morgan fingerprint density at radius 3 is 2.48 bits per heavy atom. The fourth-order valence-electron chi connectivity index (χ4n) is 2.77. The van der Waals surface area contributed by atoms with Gasteiger partial charge in [-0.15, -0.1) is 0 Å². The molecule has 0 N–H and O–H groups in total. The molecule has 2 aromatic rings. The van der Waals surface area contributed by atoms with Crippen LogP contribution < -0.4 is 9.64 Å². The quantitative estimate of drug-likeness (QED) is 0.369. The first-order chi connectivity index (χ1) is 12.0. The number of esters is 1. The molecule has 0 atom stereocenters. The van der Waals surface area contributed by atoms with E-state index in [-0.39, 0.29) is 17.2 Å². The predicted octanol–water partition coefficient (Wildman–Crippen LogP) is 3.25. The van der Waals surface area contributed by atoms with Crippen molar-refractivity contribution in [3.05, 3.63) is 63.7 Å². The molecule has 1 fully saturated rings. The lowest BCUT2D eigenvalue weighted by molar-refractivity contribution is -0.385. The van der Waals surface area contributed by atoms with Crippen LogP contribution in [0.4, 0.5) is 11.4 Å². The van der Waals surface area contributed by atoms with Crippen molar-refractivity contribution in [3.8, 4) is 5.75 Å². The normalized spacial score (nSPS) is 13.8. The first kappa shape index (κ1) is 16.6. The summed E-state index contributed by atoms with van der Waals surface area (Å²) in [7, 11) is 0. The molecular weight excluding hydrogens is 324 g/mol. The zero-order chi connectivity index (χ0) is 18.0. The van der Waals surface area contributed by atoms with Crippen LogP contribution in [-0.4, -0.2) is 23.3 Å². The molecule has 1 aliphatic rings. The van der Waals surface area contributed by atoms with Gasteiger partial charge in [0.15, 0.2) is 0 Å². The number of ether oxygens (including phenoxy) is 1. The topological polar surface area (TPSA) is 89.8 Å².